The number of aryl methyl sites for hydroxylation is 1. The number of anilines is 1. The highest BCUT2D eigenvalue weighted by atomic mass is 79.9. The number of halogens is 2. The van der Waals surface area contributed by atoms with Crippen LogP contribution in [0.5, 0.6) is 5.75 Å². The molecule has 17 heavy (non-hydrogen) atoms. The Bertz CT molecular complexity index is 441. The summed E-state index contributed by atoms with van der Waals surface area (Å²) >= 11 is 9.29. The number of hydrogen-bond donors (Lipinski definition) is 1. The van der Waals surface area contributed by atoms with Crippen molar-refractivity contribution in [2.24, 2.45) is 0 Å². The highest BCUT2D eigenvalue weighted by Crippen LogP contribution is 2.32. The summed E-state index contributed by atoms with van der Waals surface area (Å²) in [4.78, 5) is 11.9. The van der Waals surface area contributed by atoms with Gasteiger partial charge in [-0.15, -0.1) is 0 Å². The van der Waals surface area contributed by atoms with Gasteiger partial charge in [-0.05, 0) is 32.4 Å². The number of carbonyl (C=O) groups is 1. The van der Waals surface area contributed by atoms with Crippen molar-refractivity contribution in [3.8, 4) is 5.75 Å². The Labute approximate surface area is 115 Å². The van der Waals surface area contributed by atoms with Crippen LogP contribution >= 0.6 is 27.5 Å². The molecule has 3 nitrogen and oxygen atoms in total. The number of hydrogen-bond acceptors (Lipinski definition) is 2. The number of methoxy groups -OCH3 is 1. The minimum atomic E-state index is -0.633. The lowest BCUT2D eigenvalue weighted by molar-refractivity contribution is -0.117. The smallest absolute Gasteiger partial charge is 0.240 e. The van der Waals surface area contributed by atoms with E-state index in [2.05, 4.69) is 21.2 Å². The van der Waals surface area contributed by atoms with Gasteiger partial charge in [-0.25, -0.2) is 0 Å². The average molecular weight is 321 g/mol. The summed E-state index contributed by atoms with van der Waals surface area (Å²) in [7, 11) is 1.54. The van der Waals surface area contributed by atoms with Crippen LogP contribution in [0.15, 0.2) is 12.1 Å². The van der Waals surface area contributed by atoms with E-state index in [-0.39, 0.29) is 5.91 Å². The second-order valence-electron chi connectivity index (χ2n) is 4.23. The molecule has 0 heterocycles. The topological polar surface area (TPSA) is 38.3 Å². The van der Waals surface area contributed by atoms with E-state index >= 15 is 0 Å². The monoisotopic (exact) mass is 319 g/mol. The van der Waals surface area contributed by atoms with Crippen molar-refractivity contribution in [1.82, 2.24) is 0 Å². The Kier molecular flexibility index (Phi) is 4.44. The molecule has 0 fully saturated rings. The Morgan fingerprint density at radius 2 is 2.06 bits per heavy atom. The molecule has 5 heteroatoms. The Morgan fingerprint density at radius 3 is 2.53 bits per heavy atom. The number of amides is 1. The molecule has 0 saturated carbocycles. The molecule has 94 valence electrons. The van der Waals surface area contributed by atoms with Gasteiger partial charge in [0.2, 0.25) is 5.91 Å². The molecular formula is C12H15BrClNO2. The maximum Gasteiger partial charge on any atom is 0.240 e. The summed E-state index contributed by atoms with van der Waals surface area (Å²) in [6, 6.07) is 3.48. The van der Waals surface area contributed by atoms with E-state index in [0.717, 1.165) is 5.56 Å². The first kappa shape index (κ1) is 14.3. The minimum absolute atomic E-state index is 0.141. The van der Waals surface area contributed by atoms with E-state index in [9.17, 15) is 4.79 Å². The molecule has 0 spiro atoms. The highest BCUT2D eigenvalue weighted by molar-refractivity contribution is 9.10. The zero-order chi connectivity index (χ0) is 13.2. The normalized spacial score (nSPS) is 11.2. The lowest BCUT2D eigenvalue weighted by atomic mass is 10.1. The molecular weight excluding hydrogens is 305 g/mol. The van der Waals surface area contributed by atoms with E-state index in [4.69, 9.17) is 16.3 Å². The standard InChI is InChI=1S/C12H15BrClNO2/c1-7-5-9(10(17-4)6-8(7)14)15-11(16)12(2,3)13/h5-6H,1-4H3,(H,15,16). The fourth-order valence-electron chi connectivity index (χ4n) is 1.20. The highest BCUT2D eigenvalue weighted by Gasteiger charge is 2.24. The van der Waals surface area contributed by atoms with E-state index in [0.29, 0.717) is 16.5 Å². The zero-order valence-corrected chi connectivity index (χ0v) is 12.6. The first-order chi connectivity index (χ1) is 7.75. The van der Waals surface area contributed by atoms with E-state index in [1.807, 2.05) is 6.92 Å². The van der Waals surface area contributed by atoms with Crippen LogP contribution in [0.1, 0.15) is 19.4 Å². The molecule has 1 amide bonds. The number of ether oxygens (including phenoxy) is 1. The summed E-state index contributed by atoms with van der Waals surface area (Å²) in [5.41, 5.74) is 1.50. The van der Waals surface area contributed by atoms with Crippen molar-refractivity contribution >= 4 is 39.1 Å². The first-order valence-electron chi connectivity index (χ1n) is 5.10. The van der Waals surface area contributed by atoms with Gasteiger partial charge in [-0.2, -0.15) is 0 Å². The van der Waals surface area contributed by atoms with Crippen LogP contribution in [0.4, 0.5) is 5.69 Å². The Hall–Kier alpha value is -0.740. The molecule has 1 aromatic rings. The van der Waals surface area contributed by atoms with Gasteiger partial charge in [-0.3, -0.25) is 4.79 Å². The fourth-order valence-corrected chi connectivity index (χ4v) is 1.45. The average Bonchev–Trinajstić information content (AvgIpc) is 2.21. The van der Waals surface area contributed by atoms with Crippen molar-refractivity contribution in [3.63, 3.8) is 0 Å². The van der Waals surface area contributed by atoms with Gasteiger partial charge in [-0.1, -0.05) is 27.5 Å². The van der Waals surface area contributed by atoms with Gasteiger partial charge in [0.15, 0.2) is 0 Å². The van der Waals surface area contributed by atoms with E-state index in [1.165, 1.54) is 7.11 Å². The molecule has 0 saturated heterocycles. The molecule has 1 N–H and O–H groups in total. The molecule has 0 aliphatic carbocycles. The van der Waals surface area contributed by atoms with Crippen molar-refractivity contribution in [3.05, 3.63) is 22.7 Å². The summed E-state index contributed by atoms with van der Waals surface area (Å²) in [5, 5.41) is 3.41. The van der Waals surface area contributed by atoms with E-state index < -0.39 is 4.32 Å². The van der Waals surface area contributed by atoms with E-state index in [1.54, 1.807) is 26.0 Å². The van der Waals surface area contributed by atoms with Gasteiger partial charge >= 0.3 is 0 Å². The van der Waals surface area contributed by atoms with Crippen LogP contribution in [0.2, 0.25) is 5.02 Å². The Balaban J connectivity index is 3.06. The second kappa shape index (κ2) is 5.27. The van der Waals surface area contributed by atoms with Crippen molar-refractivity contribution in [2.45, 2.75) is 25.1 Å². The molecule has 1 rings (SSSR count). The third-order valence-electron chi connectivity index (χ3n) is 2.27. The molecule has 0 aromatic heterocycles. The van der Waals surface area contributed by atoms with Gasteiger partial charge in [0.25, 0.3) is 0 Å². The van der Waals surface area contributed by atoms with Gasteiger partial charge in [0.05, 0.1) is 17.1 Å². The molecule has 0 atom stereocenters. The summed E-state index contributed by atoms with van der Waals surface area (Å²) in [6.07, 6.45) is 0. The predicted molar refractivity (Wildman–Crippen MR) is 74.4 cm³/mol. The van der Waals surface area contributed by atoms with Crippen LogP contribution in [-0.4, -0.2) is 17.3 Å². The Morgan fingerprint density at radius 1 is 1.47 bits per heavy atom. The fraction of sp³-hybridized carbons (Fsp3) is 0.417. The number of benzene rings is 1. The van der Waals surface area contributed by atoms with Gasteiger partial charge in [0.1, 0.15) is 5.75 Å². The quantitative estimate of drug-likeness (QED) is 0.861. The zero-order valence-electron chi connectivity index (χ0n) is 10.2. The maximum atomic E-state index is 11.9. The molecule has 0 bridgehead atoms. The number of alkyl halides is 1. The maximum absolute atomic E-state index is 11.9. The third kappa shape index (κ3) is 3.61. The van der Waals surface area contributed by atoms with Crippen LogP contribution in [0, 0.1) is 6.92 Å². The first-order valence-corrected chi connectivity index (χ1v) is 6.27. The molecule has 0 aliphatic rings. The summed E-state index contributed by atoms with van der Waals surface area (Å²) in [6.45, 7) is 5.42. The minimum Gasteiger partial charge on any atom is -0.495 e. The van der Waals surface area contributed by atoms with Crippen LogP contribution in [0.3, 0.4) is 0 Å². The largest absolute Gasteiger partial charge is 0.495 e. The van der Waals surface area contributed by atoms with Crippen molar-refractivity contribution < 1.29 is 9.53 Å². The SMILES string of the molecule is COc1cc(Cl)c(C)cc1NC(=O)C(C)(C)Br. The van der Waals surface area contributed by atoms with Crippen LogP contribution < -0.4 is 10.1 Å². The third-order valence-corrected chi connectivity index (χ3v) is 3.04. The molecule has 0 aliphatic heterocycles. The number of carbonyl (C=O) groups excluding carboxylic acids is 1. The van der Waals surface area contributed by atoms with Gasteiger partial charge in [0, 0.05) is 11.1 Å². The predicted octanol–water partition coefficient (Wildman–Crippen LogP) is 3.77. The molecule has 0 unspecified atom stereocenters. The second-order valence-corrected chi connectivity index (χ2v) is 6.62. The number of rotatable bonds is 3. The van der Waals surface area contributed by atoms with Crippen LogP contribution in [0.25, 0.3) is 0 Å². The lowest BCUT2D eigenvalue weighted by Gasteiger charge is -2.18. The molecule has 0 radical (unpaired) electrons. The van der Waals surface area contributed by atoms with Gasteiger partial charge < -0.3 is 10.1 Å². The molecule has 1 aromatic carbocycles. The number of nitrogens with one attached hydrogen (secondary N) is 1. The van der Waals surface area contributed by atoms with Crippen LogP contribution in [-0.2, 0) is 4.79 Å². The van der Waals surface area contributed by atoms with Crippen molar-refractivity contribution in [1.29, 1.82) is 0 Å². The lowest BCUT2D eigenvalue weighted by Crippen LogP contribution is -2.31. The van der Waals surface area contributed by atoms with Crippen molar-refractivity contribution in [2.75, 3.05) is 12.4 Å². The summed E-state index contributed by atoms with van der Waals surface area (Å²) < 4.78 is 4.55. The summed E-state index contributed by atoms with van der Waals surface area (Å²) in [5.74, 6) is 0.406.